The van der Waals surface area contributed by atoms with Crippen LogP contribution >= 0.6 is 11.6 Å². The number of carbonyl (C=O) groups is 1. The molecule has 0 saturated carbocycles. The number of hydrogen-bond donors (Lipinski definition) is 2. The van der Waals surface area contributed by atoms with Crippen molar-refractivity contribution in [2.75, 3.05) is 36.3 Å². The molecule has 1 aliphatic rings. The van der Waals surface area contributed by atoms with Crippen LogP contribution in [0, 0.1) is 5.41 Å². The van der Waals surface area contributed by atoms with Crippen LogP contribution in [0.4, 0.5) is 5.69 Å². The number of benzene rings is 2. The van der Waals surface area contributed by atoms with Crippen LogP contribution in [0.25, 0.3) is 6.08 Å². The molecule has 0 atom stereocenters. The number of rotatable bonds is 13. The molecule has 12 heteroatoms. The zero-order chi connectivity index (χ0) is 30.8. The summed E-state index contributed by atoms with van der Waals surface area (Å²) in [4.78, 5) is 18.6. The number of sulfonamides is 1. The van der Waals surface area contributed by atoms with E-state index in [1.54, 1.807) is 61.8 Å². The number of piperidine rings is 1. The van der Waals surface area contributed by atoms with Gasteiger partial charge in [-0.1, -0.05) is 42.0 Å². The maximum Gasteiger partial charge on any atom is 0.323 e. The van der Waals surface area contributed by atoms with E-state index in [4.69, 9.17) is 32.2 Å². The lowest BCUT2D eigenvalue weighted by molar-refractivity contribution is -0.139. The minimum absolute atomic E-state index is 0.0191. The number of esters is 1. The predicted octanol–water partition coefficient (Wildman–Crippen LogP) is 4.48. The van der Waals surface area contributed by atoms with Gasteiger partial charge >= 0.3 is 5.97 Å². The van der Waals surface area contributed by atoms with Crippen LogP contribution < -0.4 is 14.8 Å². The molecule has 4 rings (SSSR count). The molecule has 2 heterocycles. The summed E-state index contributed by atoms with van der Waals surface area (Å²) in [6, 6.07) is 15.9. The number of amidine groups is 1. The van der Waals surface area contributed by atoms with Crippen molar-refractivity contribution in [1.29, 1.82) is 5.41 Å². The van der Waals surface area contributed by atoms with Crippen LogP contribution in [0.15, 0.2) is 73.1 Å². The molecule has 3 aromatic rings. The minimum Gasteiger partial charge on any atom is -0.489 e. The number of hydrogen-bond acceptors (Lipinski definition) is 8. The lowest BCUT2D eigenvalue weighted by atomic mass is 10.1. The second kappa shape index (κ2) is 15.0. The van der Waals surface area contributed by atoms with Gasteiger partial charge in [-0.3, -0.25) is 24.4 Å². The van der Waals surface area contributed by atoms with Gasteiger partial charge in [0, 0.05) is 37.6 Å². The topological polar surface area (TPSA) is 139 Å². The van der Waals surface area contributed by atoms with E-state index in [9.17, 15) is 13.2 Å². The standard InChI is InChI=1S/C31H36ClN5O5S/c1-2-41-30(38)22-43(39,40)37(16-4-6-23-5-3-7-25(19-23)31(33)34)26-8-9-29(28(32)20-26)42-27-12-17-36(18-13-27)21-24-10-14-35-15-11-24/h3-11,14-15,19-20,27H,2,12-13,16-18,21-22H2,1H3,(H3,33,34)/b6-4+. The zero-order valence-corrected chi connectivity index (χ0v) is 25.6. The van der Waals surface area contributed by atoms with Crippen LogP contribution in [0.1, 0.15) is 36.5 Å². The highest BCUT2D eigenvalue weighted by Gasteiger charge is 2.27. The second-order valence-electron chi connectivity index (χ2n) is 10.1. The molecule has 1 aliphatic heterocycles. The predicted molar refractivity (Wildman–Crippen MR) is 169 cm³/mol. The molecule has 1 fully saturated rings. The van der Waals surface area contributed by atoms with Gasteiger partial charge in [0.25, 0.3) is 0 Å². The summed E-state index contributed by atoms with van der Waals surface area (Å²) in [5.41, 5.74) is 8.38. The number of nitrogens with zero attached hydrogens (tertiary/aromatic N) is 3. The number of aromatic nitrogens is 1. The Hall–Kier alpha value is -3.93. The third-order valence-electron chi connectivity index (χ3n) is 6.91. The van der Waals surface area contributed by atoms with E-state index in [-0.39, 0.29) is 35.8 Å². The van der Waals surface area contributed by atoms with Crippen molar-refractivity contribution in [2.45, 2.75) is 32.4 Å². The van der Waals surface area contributed by atoms with Crippen LogP contribution in [0.5, 0.6) is 5.75 Å². The highest BCUT2D eigenvalue weighted by Crippen LogP contribution is 2.33. The van der Waals surface area contributed by atoms with E-state index in [1.807, 2.05) is 18.2 Å². The van der Waals surface area contributed by atoms with Crippen LogP contribution in [-0.4, -0.2) is 68.2 Å². The Morgan fingerprint density at radius 1 is 1.16 bits per heavy atom. The van der Waals surface area contributed by atoms with Crippen LogP contribution in [0.3, 0.4) is 0 Å². The van der Waals surface area contributed by atoms with E-state index in [2.05, 4.69) is 9.88 Å². The molecule has 0 unspecified atom stereocenters. The Balaban J connectivity index is 1.46. The van der Waals surface area contributed by atoms with Gasteiger partial charge in [-0.2, -0.15) is 0 Å². The molecule has 0 aliphatic carbocycles. The fourth-order valence-electron chi connectivity index (χ4n) is 4.76. The number of nitrogens with one attached hydrogen (secondary N) is 1. The number of carbonyl (C=O) groups excluding carboxylic acids is 1. The van der Waals surface area contributed by atoms with Gasteiger partial charge in [0.2, 0.25) is 10.0 Å². The average Bonchev–Trinajstić information content (AvgIpc) is 2.98. The lowest BCUT2D eigenvalue weighted by Gasteiger charge is -2.32. The third kappa shape index (κ3) is 9.28. The van der Waals surface area contributed by atoms with E-state index < -0.39 is 21.7 Å². The van der Waals surface area contributed by atoms with Crippen molar-refractivity contribution in [2.24, 2.45) is 5.73 Å². The van der Waals surface area contributed by atoms with E-state index in [1.165, 1.54) is 11.6 Å². The first-order valence-electron chi connectivity index (χ1n) is 14.0. The first-order valence-corrected chi connectivity index (χ1v) is 16.0. The van der Waals surface area contributed by atoms with Crippen molar-refractivity contribution < 1.29 is 22.7 Å². The Labute approximate surface area is 257 Å². The maximum absolute atomic E-state index is 13.3. The third-order valence-corrected chi connectivity index (χ3v) is 8.84. The van der Waals surface area contributed by atoms with Crippen molar-refractivity contribution in [1.82, 2.24) is 9.88 Å². The number of ether oxygens (including phenoxy) is 2. The Morgan fingerprint density at radius 2 is 1.91 bits per heavy atom. The lowest BCUT2D eigenvalue weighted by Crippen LogP contribution is -2.38. The van der Waals surface area contributed by atoms with E-state index >= 15 is 0 Å². The molecule has 228 valence electrons. The summed E-state index contributed by atoms with van der Waals surface area (Å²) >= 11 is 6.61. The fourth-order valence-corrected chi connectivity index (χ4v) is 6.26. The first kappa shape index (κ1) is 32.0. The molecule has 0 spiro atoms. The monoisotopic (exact) mass is 625 g/mol. The van der Waals surface area contributed by atoms with Crippen molar-refractivity contribution in [3.05, 3.63) is 94.8 Å². The van der Waals surface area contributed by atoms with E-state index in [0.29, 0.717) is 11.3 Å². The molecule has 0 amide bonds. The van der Waals surface area contributed by atoms with Crippen molar-refractivity contribution in [3.8, 4) is 5.75 Å². The molecule has 43 heavy (non-hydrogen) atoms. The van der Waals surface area contributed by atoms with Gasteiger partial charge in [0.05, 0.1) is 23.9 Å². The van der Waals surface area contributed by atoms with E-state index in [0.717, 1.165) is 42.3 Å². The normalized spacial score (nSPS) is 14.5. The number of likely N-dealkylation sites (tertiary alicyclic amines) is 1. The first-order chi connectivity index (χ1) is 20.6. The zero-order valence-electron chi connectivity index (χ0n) is 24.0. The fraction of sp³-hybridized carbons (Fsp3) is 0.323. The number of halogens is 1. The molecular formula is C31H36ClN5O5S. The summed E-state index contributed by atoms with van der Waals surface area (Å²) in [6.45, 7) is 4.23. The summed E-state index contributed by atoms with van der Waals surface area (Å²) in [6.07, 6.45) is 8.61. The van der Waals surface area contributed by atoms with Crippen molar-refractivity contribution >= 4 is 45.2 Å². The maximum atomic E-state index is 13.3. The molecule has 3 N–H and O–H groups in total. The van der Waals surface area contributed by atoms with Crippen LogP contribution in [-0.2, 0) is 26.1 Å². The summed E-state index contributed by atoms with van der Waals surface area (Å²) in [5, 5.41) is 7.90. The SMILES string of the molecule is CCOC(=O)CS(=O)(=O)N(C/C=C/c1cccc(C(=N)N)c1)c1ccc(OC2CCN(Cc3ccncc3)CC2)c(Cl)c1. The summed E-state index contributed by atoms with van der Waals surface area (Å²) in [7, 11) is -4.12. The molecule has 0 bridgehead atoms. The number of anilines is 1. The summed E-state index contributed by atoms with van der Waals surface area (Å²) in [5.74, 6) is -1.26. The highest BCUT2D eigenvalue weighted by atomic mass is 35.5. The molecule has 1 aromatic heterocycles. The second-order valence-corrected chi connectivity index (χ2v) is 12.4. The van der Waals surface area contributed by atoms with Gasteiger partial charge in [0.1, 0.15) is 17.7 Å². The number of nitrogen functional groups attached to an aromatic ring is 1. The van der Waals surface area contributed by atoms with Gasteiger partial charge < -0.3 is 15.2 Å². The summed E-state index contributed by atoms with van der Waals surface area (Å²) < 4.78 is 38.9. The molecular weight excluding hydrogens is 590 g/mol. The molecule has 0 radical (unpaired) electrons. The van der Waals surface area contributed by atoms with Gasteiger partial charge in [0.15, 0.2) is 5.75 Å². The van der Waals surface area contributed by atoms with Crippen LogP contribution in [0.2, 0.25) is 5.02 Å². The molecule has 1 saturated heterocycles. The Kier molecular flexibility index (Phi) is 11.2. The van der Waals surface area contributed by atoms with Gasteiger partial charge in [-0.25, -0.2) is 8.42 Å². The van der Waals surface area contributed by atoms with Crippen molar-refractivity contribution in [3.63, 3.8) is 0 Å². The molecule has 2 aromatic carbocycles. The number of nitrogens with two attached hydrogens (primary N) is 1. The van der Waals surface area contributed by atoms with Gasteiger partial charge in [-0.15, -0.1) is 0 Å². The highest BCUT2D eigenvalue weighted by molar-refractivity contribution is 7.93. The Morgan fingerprint density at radius 3 is 2.58 bits per heavy atom. The average molecular weight is 626 g/mol. The minimum atomic E-state index is -4.12. The molecule has 10 nitrogen and oxygen atoms in total. The smallest absolute Gasteiger partial charge is 0.323 e. The Bertz CT molecular complexity index is 1540. The largest absolute Gasteiger partial charge is 0.489 e. The number of pyridine rings is 1. The van der Waals surface area contributed by atoms with Gasteiger partial charge in [-0.05, 0) is 67.3 Å². The quantitative estimate of drug-likeness (QED) is 0.161.